The van der Waals surface area contributed by atoms with Crippen LogP contribution >= 0.6 is 11.6 Å². The Morgan fingerprint density at radius 2 is 2.14 bits per heavy atom. The molecule has 1 amide bonds. The largest absolute Gasteiger partial charge is 0.352 e. The SMILES string of the molecule is C[C@@H](C(=O)NC1CCCC1)[S@@](=O)Cc1c(F)cccc1Cl. The normalized spacial score (nSPS) is 18.4. The highest BCUT2D eigenvalue weighted by atomic mass is 35.5. The number of nitrogens with one attached hydrogen (secondary N) is 1. The molecule has 3 nitrogen and oxygen atoms in total. The van der Waals surface area contributed by atoms with E-state index in [2.05, 4.69) is 5.32 Å². The number of halogens is 2. The lowest BCUT2D eigenvalue weighted by atomic mass is 10.2. The Balaban J connectivity index is 1.97. The Hall–Kier alpha value is -0.940. The monoisotopic (exact) mass is 331 g/mol. The van der Waals surface area contributed by atoms with Crippen LogP contribution in [0.1, 0.15) is 38.2 Å². The zero-order valence-corrected chi connectivity index (χ0v) is 13.5. The molecule has 1 aliphatic carbocycles. The van der Waals surface area contributed by atoms with Crippen molar-refractivity contribution in [2.45, 2.75) is 49.7 Å². The van der Waals surface area contributed by atoms with Crippen LogP contribution in [0.2, 0.25) is 5.02 Å². The molecule has 0 spiro atoms. The number of hydrogen-bond donors (Lipinski definition) is 1. The topological polar surface area (TPSA) is 46.2 Å². The summed E-state index contributed by atoms with van der Waals surface area (Å²) in [7, 11) is -1.50. The Morgan fingerprint density at radius 1 is 1.48 bits per heavy atom. The van der Waals surface area contributed by atoms with Crippen molar-refractivity contribution in [3.05, 3.63) is 34.6 Å². The molecule has 1 N–H and O–H groups in total. The van der Waals surface area contributed by atoms with Gasteiger partial charge in [-0.3, -0.25) is 9.00 Å². The van der Waals surface area contributed by atoms with E-state index in [1.54, 1.807) is 13.0 Å². The smallest absolute Gasteiger partial charge is 0.235 e. The quantitative estimate of drug-likeness (QED) is 0.900. The molecule has 1 saturated carbocycles. The molecule has 6 heteroatoms. The summed E-state index contributed by atoms with van der Waals surface area (Å²) in [6.45, 7) is 1.61. The van der Waals surface area contributed by atoms with Gasteiger partial charge in [-0.05, 0) is 31.9 Å². The number of benzene rings is 1. The Kier molecular flexibility index (Phi) is 5.76. The highest BCUT2D eigenvalue weighted by Gasteiger charge is 2.25. The average molecular weight is 332 g/mol. The lowest BCUT2D eigenvalue weighted by molar-refractivity contribution is -0.121. The minimum Gasteiger partial charge on any atom is -0.352 e. The summed E-state index contributed by atoms with van der Waals surface area (Å²) in [5.41, 5.74) is 0.206. The van der Waals surface area contributed by atoms with E-state index >= 15 is 0 Å². The molecule has 1 aromatic carbocycles. The zero-order valence-electron chi connectivity index (χ0n) is 11.9. The summed E-state index contributed by atoms with van der Waals surface area (Å²) in [6.07, 6.45) is 4.19. The molecule has 0 saturated heterocycles. The average Bonchev–Trinajstić information content (AvgIpc) is 2.94. The van der Waals surface area contributed by atoms with E-state index in [9.17, 15) is 13.4 Å². The predicted molar refractivity (Wildman–Crippen MR) is 83.1 cm³/mol. The minimum absolute atomic E-state index is 0.0508. The third-order valence-corrected chi connectivity index (χ3v) is 5.74. The maximum Gasteiger partial charge on any atom is 0.235 e. The molecule has 0 aliphatic heterocycles. The molecule has 116 valence electrons. The molecule has 0 aromatic heterocycles. The maximum absolute atomic E-state index is 13.7. The molecular weight excluding hydrogens is 313 g/mol. The maximum atomic E-state index is 13.7. The summed E-state index contributed by atoms with van der Waals surface area (Å²) in [6, 6.07) is 4.52. The molecule has 0 radical (unpaired) electrons. The zero-order chi connectivity index (χ0) is 15.4. The molecular formula is C15H19ClFNO2S. The number of carbonyl (C=O) groups is 1. The van der Waals surface area contributed by atoms with Crippen LogP contribution in [0.15, 0.2) is 18.2 Å². The first-order chi connectivity index (χ1) is 9.99. The van der Waals surface area contributed by atoms with Crippen molar-refractivity contribution in [1.82, 2.24) is 5.32 Å². The van der Waals surface area contributed by atoms with Crippen molar-refractivity contribution in [3.63, 3.8) is 0 Å². The molecule has 2 rings (SSSR count). The molecule has 21 heavy (non-hydrogen) atoms. The summed E-state index contributed by atoms with van der Waals surface area (Å²) in [5.74, 6) is -0.767. The highest BCUT2D eigenvalue weighted by molar-refractivity contribution is 7.85. The lowest BCUT2D eigenvalue weighted by Gasteiger charge is -2.16. The second kappa shape index (κ2) is 7.36. The van der Waals surface area contributed by atoms with E-state index in [-0.39, 0.29) is 28.3 Å². The Morgan fingerprint density at radius 3 is 2.76 bits per heavy atom. The third-order valence-electron chi connectivity index (χ3n) is 3.81. The van der Waals surface area contributed by atoms with Crippen molar-refractivity contribution < 1.29 is 13.4 Å². The van der Waals surface area contributed by atoms with Gasteiger partial charge in [-0.15, -0.1) is 0 Å². The van der Waals surface area contributed by atoms with Crippen molar-refractivity contribution >= 4 is 28.3 Å². The van der Waals surface area contributed by atoms with Crippen LogP contribution in [0.4, 0.5) is 4.39 Å². The molecule has 0 bridgehead atoms. The van der Waals surface area contributed by atoms with Crippen LogP contribution in [-0.2, 0) is 21.3 Å². The summed E-state index contributed by atoms with van der Waals surface area (Å²) in [4.78, 5) is 12.1. The van der Waals surface area contributed by atoms with Crippen molar-refractivity contribution in [3.8, 4) is 0 Å². The molecule has 1 aliphatic rings. The molecule has 0 heterocycles. The number of amides is 1. The van der Waals surface area contributed by atoms with E-state index in [1.165, 1.54) is 12.1 Å². The van der Waals surface area contributed by atoms with Crippen LogP contribution in [0.5, 0.6) is 0 Å². The standard InChI is InChI=1S/C15H19ClFNO2S/c1-10(15(19)18-11-5-2-3-6-11)21(20)9-12-13(16)7-4-8-14(12)17/h4,7-8,10-11H,2-3,5-6,9H2,1H3,(H,18,19)/t10-,21-/m0/s1. The number of rotatable bonds is 5. The van der Waals surface area contributed by atoms with Gasteiger partial charge >= 0.3 is 0 Å². The Bertz CT molecular complexity index is 526. The van der Waals surface area contributed by atoms with Crippen LogP contribution in [-0.4, -0.2) is 21.4 Å². The van der Waals surface area contributed by atoms with Gasteiger partial charge in [-0.2, -0.15) is 0 Å². The lowest BCUT2D eigenvalue weighted by Crippen LogP contribution is -2.41. The van der Waals surface area contributed by atoms with Gasteiger partial charge in [0, 0.05) is 27.4 Å². The first-order valence-corrected chi connectivity index (χ1v) is 8.85. The molecule has 0 unspecified atom stereocenters. The third kappa shape index (κ3) is 4.27. The van der Waals surface area contributed by atoms with Crippen LogP contribution in [0.3, 0.4) is 0 Å². The number of hydrogen-bond acceptors (Lipinski definition) is 2. The van der Waals surface area contributed by atoms with Crippen molar-refractivity contribution in [1.29, 1.82) is 0 Å². The summed E-state index contributed by atoms with van der Waals surface area (Å²) >= 11 is 5.92. The fourth-order valence-electron chi connectivity index (χ4n) is 2.45. The minimum atomic E-state index is -1.50. The van der Waals surface area contributed by atoms with Gasteiger partial charge in [0.15, 0.2) is 0 Å². The fraction of sp³-hybridized carbons (Fsp3) is 0.533. The Labute approximate surface area is 131 Å². The molecule has 1 aromatic rings. The van der Waals surface area contributed by atoms with E-state index in [0.29, 0.717) is 0 Å². The van der Waals surface area contributed by atoms with Crippen LogP contribution < -0.4 is 5.32 Å². The second-order valence-electron chi connectivity index (χ2n) is 5.36. The predicted octanol–water partition coefficient (Wildman–Crippen LogP) is 3.18. The van der Waals surface area contributed by atoms with Gasteiger partial charge < -0.3 is 5.32 Å². The van der Waals surface area contributed by atoms with Gasteiger partial charge in [-0.1, -0.05) is 30.5 Å². The van der Waals surface area contributed by atoms with Gasteiger partial charge in [0.1, 0.15) is 11.1 Å². The highest BCUT2D eigenvalue weighted by Crippen LogP contribution is 2.22. The van der Waals surface area contributed by atoms with E-state index in [4.69, 9.17) is 11.6 Å². The van der Waals surface area contributed by atoms with Crippen LogP contribution in [0.25, 0.3) is 0 Å². The second-order valence-corrected chi connectivity index (χ2v) is 7.52. The van der Waals surface area contributed by atoms with Gasteiger partial charge in [0.2, 0.25) is 5.91 Å². The van der Waals surface area contributed by atoms with Crippen LogP contribution in [0, 0.1) is 5.82 Å². The summed E-state index contributed by atoms with van der Waals surface area (Å²) in [5, 5.41) is 2.48. The molecule has 2 atom stereocenters. The van der Waals surface area contributed by atoms with E-state index < -0.39 is 21.9 Å². The fourth-order valence-corrected chi connectivity index (χ4v) is 3.89. The first-order valence-electron chi connectivity index (χ1n) is 7.09. The summed E-state index contributed by atoms with van der Waals surface area (Å²) < 4.78 is 25.9. The van der Waals surface area contributed by atoms with E-state index in [1.807, 2.05) is 0 Å². The van der Waals surface area contributed by atoms with E-state index in [0.717, 1.165) is 25.7 Å². The van der Waals surface area contributed by atoms with Gasteiger partial charge in [0.05, 0.1) is 5.75 Å². The molecule has 1 fully saturated rings. The van der Waals surface area contributed by atoms with Gasteiger partial charge in [0.25, 0.3) is 0 Å². The first kappa shape index (κ1) is 16.4. The van der Waals surface area contributed by atoms with Gasteiger partial charge in [-0.25, -0.2) is 4.39 Å². The van der Waals surface area contributed by atoms with Crippen molar-refractivity contribution in [2.75, 3.05) is 0 Å². The number of carbonyl (C=O) groups excluding carboxylic acids is 1. The van der Waals surface area contributed by atoms with Crippen molar-refractivity contribution in [2.24, 2.45) is 0 Å².